The van der Waals surface area contributed by atoms with Crippen molar-refractivity contribution in [2.45, 2.75) is 31.9 Å². The zero-order chi connectivity index (χ0) is 19.3. The Morgan fingerprint density at radius 2 is 1.77 bits per heavy atom. The summed E-state index contributed by atoms with van der Waals surface area (Å²) in [6, 6.07) is 11.3. The number of benzene rings is 2. The van der Waals surface area contributed by atoms with Crippen LogP contribution in [0.3, 0.4) is 0 Å². The third-order valence-corrected chi connectivity index (χ3v) is 3.87. The molecule has 0 spiro atoms. The molecule has 138 valence electrons. The molecule has 0 fully saturated rings. The van der Waals surface area contributed by atoms with Crippen molar-refractivity contribution in [1.29, 1.82) is 0 Å². The molecule has 4 nitrogen and oxygen atoms in total. The Balaban J connectivity index is 1.98. The van der Waals surface area contributed by atoms with Gasteiger partial charge >= 0.3 is 12.1 Å². The first-order chi connectivity index (χ1) is 12.1. The van der Waals surface area contributed by atoms with Crippen LogP contribution in [0.2, 0.25) is 0 Å². The highest BCUT2D eigenvalue weighted by molar-refractivity contribution is 5.91. The van der Waals surface area contributed by atoms with Crippen molar-refractivity contribution in [3.63, 3.8) is 0 Å². The Kier molecular flexibility index (Phi) is 6.02. The lowest BCUT2D eigenvalue weighted by atomic mass is 9.95. The van der Waals surface area contributed by atoms with Gasteiger partial charge in [0.05, 0.1) is 12.0 Å². The maximum absolute atomic E-state index is 12.8. The predicted molar refractivity (Wildman–Crippen MR) is 90.9 cm³/mol. The highest BCUT2D eigenvalue weighted by atomic mass is 19.4. The Bertz CT molecular complexity index is 785. The predicted octanol–water partition coefficient (Wildman–Crippen LogP) is 4.46. The number of rotatable bonds is 6. The van der Waals surface area contributed by atoms with E-state index in [0.29, 0.717) is 16.8 Å². The average molecular weight is 365 g/mol. The number of alkyl halides is 3. The molecule has 2 N–H and O–H groups in total. The first-order valence-electron chi connectivity index (χ1n) is 7.93. The largest absolute Gasteiger partial charge is 0.481 e. The normalized spacial score (nSPS) is 12.5. The maximum Gasteiger partial charge on any atom is 0.416 e. The molecule has 26 heavy (non-hydrogen) atoms. The molecule has 2 rings (SSSR count). The molecule has 0 bridgehead atoms. The van der Waals surface area contributed by atoms with Gasteiger partial charge in [-0.25, -0.2) is 0 Å². The summed E-state index contributed by atoms with van der Waals surface area (Å²) in [5.41, 5.74) is 0.802. The van der Waals surface area contributed by atoms with Gasteiger partial charge in [0.15, 0.2) is 0 Å². The summed E-state index contributed by atoms with van der Waals surface area (Å²) in [7, 11) is 0. The second-order valence-electron chi connectivity index (χ2n) is 6.04. The second-order valence-corrected chi connectivity index (χ2v) is 6.04. The zero-order valence-corrected chi connectivity index (χ0v) is 14.0. The van der Waals surface area contributed by atoms with Crippen LogP contribution in [0.4, 0.5) is 18.9 Å². The lowest BCUT2D eigenvalue weighted by molar-refractivity contribution is -0.138. The molecule has 0 heterocycles. The van der Waals surface area contributed by atoms with E-state index in [4.69, 9.17) is 5.11 Å². The first-order valence-corrected chi connectivity index (χ1v) is 7.93. The summed E-state index contributed by atoms with van der Waals surface area (Å²) in [5, 5.41) is 11.4. The number of carbonyl (C=O) groups excluding carboxylic acids is 1. The Morgan fingerprint density at radius 1 is 1.12 bits per heavy atom. The molecule has 0 aliphatic carbocycles. The van der Waals surface area contributed by atoms with E-state index in [-0.39, 0.29) is 24.7 Å². The lowest BCUT2D eigenvalue weighted by Crippen LogP contribution is -2.15. The van der Waals surface area contributed by atoms with Gasteiger partial charge in [-0.15, -0.1) is 0 Å². The van der Waals surface area contributed by atoms with Gasteiger partial charge in [0, 0.05) is 12.1 Å². The van der Waals surface area contributed by atoms with E-state index < -0.39 is 17.7 Å². The monoisotopic (exact) mass is 365 g/mol. The highest BCUT2D eigenvalue weighted by Gasteiger charge is 2.30. The van der Waals surface area contributed by atoms with Gasteiger partial charge in [-0.05, 0) is 35.2 Å². The van der Waals surface area contributed by atoms with Gasteiger partial charge in [-0.1, -0.05) is 37.3 Å². The van der Waals surface area contributed by atoms with Gasteiger partial charge in [0.1, 0.15) is 0 Å². The Labute approximate surface area is 148 Å². The second kappa shape index (κ2) is 8.03. The molecule has 2 aromatic carbocycles. The summed E-state index contributed by atoms with van der Waals surface area (Å²) < 4.78 is 38.3. The van der Waals surface area contributed by atoms with Crippen molar-refractivity contribution in [2.24, 2.45) is 0 Å². The van der Waals surface area contributed by atoms with E-state index in [0.717, 1.165) is 12.1 Å². The number of carbonyl (C=O) groups is 2. The van der Waals surface area contributed by atoms with Crippen LogP contribution in [-0.2, 0) is 22.2 Å². The van der Waals surface area contributed by atoms with Crippen LogP contribution in [0.25, 0.3) is 0 Å². The molecule has 2 aromatic rings. The maximum atomic E-state index is 12.8. The zero-order valence-electron chi connectivity index (χ0n) is 14.0. The number of halogens is 3. The number of carboxylic acids is 1. The van der Waals surface area contributed by atoms with Crippen molar-refractivity contribution >= 4 is 17.6 Å². The van der Waals surface area contributed by atoms with E-state index >= 15 is 0 Å². The average Bonchev–Trinajstić information content (AvgIpc) is 2.55. The van der Waals surface area contributed by atoms with Crippen molar-refractivity contribution in [1.82, 2.24) is 0 Å². The fraction of sp³-hybridized carbons (Fsp3) is 0.263. The van der Waals surface area contributed by atoms with Crippen LogP contribution >= 0.6 is 0 Å². The molecule has 0 saturated heterocycles. The van der Waals surface area contributed by atoms with Crippen LogP contribution in [0.15, 0.2) is 48.5 Å². The number of anilines is 1. The van der Waals surface area contributed by atoms with E-state index in [1.807, 2.05) is 0 Å². The molecule has 1 atom stereocenters. The summed E-state index contributed by atoms with van der Waals surface area (Å²) in [6.45, 7) is 1.69. The van der Waals surface area contributed by atoms with Crippen molar-refractivity contribution in [2.75, 3.05) is 5.32 Å². The molecule has 1 unspecified atom stereocenters. The summed E-state index contributed by atoms with van der Waals surface area (Å²) in [5.74, 6) is -1.67. The minimum Gasteiger partial charge on any atom is -0.481 e. The van der Waals surface area contributed by atoms with Gasteiger partial charge in [0.2, 0.25) is 5.91 Å². The number of aliphatic carboxylic acids is 1. The number of amides is 1. The van der Waals surface area contributed by atoms with Crippen LogP contribution in [0, 0.1) is 0 Å². The standard InChI is InChI=1S/C19H18F3NO3/c1-12(14-3-2-4-15(11-14)19(20,21)22)9-17(24)23-16-7-5-13(6-8-16)10-18(25)26/h2-8,11-12H,9-10H2,1H3,(H,23,24)(H,25,26). The van der Waals surface area contributed by atoms with Crippen LogP contribution in [-0.4, -0.2) is 17.0 Å². The summed E-state index contributed by atoms with van der Waals surface area (Å²) in [6.07, 6.45) is -4.51. The van der Waals surface area contributed by atoms with Gasteiger partial charge < -0.3 is 10.4 Å². The smallest absolute Gasteiger partial charge is 0.416 e. The quantitative estimate of drug-likeness (QED) is 0.794. The van der Waals surface area contributed by atoms with Gasteiger partial charge in [-0.3, -0.25) is 9.59 Å². The van der Waals surface area contributed by atoms with Crippen molar-refractivity contribution in [3.05, 3.63) is 65.2 Å². The Morgan fingerprint density at radius 3 is 2.35 bits per heavy atom. The van der Waals surface area contributed by atoms with E-state index in [2.05, 4.69) is 5.32 Å². The van der Waals surface area contributed by atoms with Crippen molar-refractivity contribution in [3.8, 4) is 0 Å². The third kappa shape index (κ3) is 5.61. The molecule has 0 radical (unpaired) electrons. The van der Waals surface area contributed by atoms with Crippen LogP contribution < -0.4 is 5.32 Å². The molecule has 1 amide bonds. The van der Waals surface area contributed by atoms with Gasteiger partial charge in [-0.2, -0.15) is 13.2 Å². The highest BCUT2D eigenvalue weighted by Crippen LogP contribution is 2.31. The molecular weight excluding hydrogens is 347 g/mol. The van der Waals surface area contributed by atoms with Gasteiger partial charge in [0.25, 0.3) is 0 Å². The Hall–Kier alpha value is -2.83. The number of hydrogen-bond donors (Lipinski definition) is 2. The number of nitrogens with one attached hydrogen (secondary N) is 1. The summed E-state index contributed by atoms with van der Waals surface area (Å²) >= 11 is 0. The molecule has 0 saturated carbocycles. The van der Waals surface area contributed by atoms with Crippen LogP contribution in [0.5, 0.6) is 0 Å². The van der Waals surface area contributed by atoms with Crippen molar-refractivity contribution < 1.29 is 27.9 Å². The minimum atomic E-state index is -4.42. The minimum absolute atomic E-state index is 0.0260. The molecular formula is C19H18F3NO3. The fourth-order valence-electron chi connectivity index (χ4n) is 2.51. The fourth-order valence-corrected chi connectivity index (χ4v) is 2.51. The van der Waals surface area contributed by atoms with E-state index in [9.17, 15) is 22.8 Å². The van der Waals surface area contributed by atoms with Crippen LogP contribution in [0.1, 0.15) is 36.0 Å². The molecule has 7 heteroatoms. The topological polar surface area (TPSA) is 66.4 Å². The van der Waals surface area contributed by atoms with E-state index in [1.165, 1.54) is 6.07 Å². The lowest BCUT2D eigenvalue weighted by Gasteiger charge is -2.14. The first kappa shape index (κ1) is 19.5. The SMILES string of the molecule is CC(CC(=O)Nc1ccc(CC(=O)O)cc1)c1cccc(C(F)(F)F)c1. The summed E-state index contributed by atoms with van der Waals surface area (Å²) in [4.78, 5) is 22.7. The molecule has 0 aromatic heterocycles. The van der Waals surface area contributed by atoms with E-state index in [1.54, 1.807) is 37.3 Å². The number of hydrogen-bond acceptors (Lipinski definition) is 2. The molecule has 0 aliphatic heterocycles. The number of carboxylic acid groups (broad SMARTS) is 1. The third-order valence-electron chi connectivity index (χ3n) is 3.87. The molecule has 0 aliphatic rings.